The van der Waals surface area contributed by atoms with Gasteiger partial charge in [0.05, 0.1) is 16.1 Å². The molecule has 0 aliphatic carbocycles. The molecule has 1 fully saturated rings. The van der Waals surface area contributed by atoms with E-state index in [9.17, 15) is 25.0 Å². The van der Waals surface area contributed by atoms with Crippen molar-refractivity contribution in [3.8, 4) is 5.75 Å². The molecule has 1 aliphatic rings. The zero-order valence-corrected chi connectivity index (χ0v) is 15.9. The number of nitro groups is 2. The Bertz CT molecular complexity index is 970. The predicted molar refractivity (Wildman–Crippen MR) is 109 cm³/mol. The molecule has 11 nitrogen and oxygen atoms in total. The quantitative estimate of drug-likeness (QED) is 0.398. The summed E-state index contributed by atoms with van der Waals surface area (Å²) in [6.45, 7) is 1.37. The highest BCUT2D eigenvalue weighted by Gasteiger charge is 2.18. The zero-order chi connectivity index (χ0) is 21.5. The number of nitro benzene ring substituents is 2. The van der Waals surface area contributed by atoms with Crippen LogP contribution in [0.15, 0.2) is 47.6 Å². The van der Waals surface area contributed by atoms with Gasteiger partial charge in [-0.3, -0.25) is 25.0 Å². The Balaban J connectivity index is 1.60. The van der Waals surface area contributed by atoms with E-state index < -0.39 is 15.8 Å². The highest BCUT2D eigenvalue weighted by Crippen LogP contribution is 2.27. The lowest BCUT2D eigenvalue weighted by Gasteiger charge is -2.19. The van der Waals surface area contributed by atoms with Gasteiger partial charge in [-0.05, 0) is 31.0 Å². The molecule has 0 radical (unpaired) electrons. The molecule has 1 N–H and O–H groups in total. The SMILES string of the molecule is O=C(COc1ccc([N+](=O)[O-])cc1)N/N=C/c1cc([N+](=O)[O-])ccc1N1CCCC1. The number of rotatable bonds is 8. The molecule has 2 aromatic carbocycles. The Morgan fingerprint density at radius 2 is 1.70 bits per heavy atom. The molecule has 156 valence electrons. The van der Waals surface area contributed by atoms with Gasteiger partial charge < -0.3 is 9.64 Å². The second kappa shape index (κ2) is 9.45. The van der Waals surface area contributed by atoms with Crippen LogP contribution in [0.5, 0.6) is 5.75 Å². The smallest absolute Gasteiger partial charge is 0.277 e. The average molecular weight is 413 g/mol. The highest BCUT2D eigenvalue weighted by molar-refractivity contribution is 5.90. The topological polar surface area (TPSA) is 140 Å². The molecule has 11 heteroatoms. The van der Waals surface area contributed by atoms with E-state index >= 15 is 0 Å². The number of carbonyl (C=O) groups excluding carboxylic acids is 1. The summed E-state index contributed by atoms with van der Waals surface area (Å²) >= 11 is 0. The molecular weight excluding hydrogens is 394 g/mol. The first-order valence-electron chi connectivity index (χ1n) is 9.16. The molecule has 3 rings (SSSR count). The molecule has 0 aromatic heterocycles. The Labute approximate surface area is 171 Å². The van der Waals surface area contributed by atoms with Crippen molar-refractivity contribution in [3.05, 3.63) is 68.3 Å². The largest absolute Gasteiger partial charge is 0.484 e. The van der Waals surface area contributed by atoms with E-state index in [1.54, 1.807) is 6.07 Å². The van der Waals surface area contributed by atoms with E-state index in [0.717, 1.165) is 31.6 Å². The molecule has 30 heavy (non-hydrogen) atoms. The van der Waals surface area contributed by atoms with Crippen molar-refractivity contribution < 1.29 is 19.4 Å². The standard InChI is InChI=1S/C19H19N5O6/c25-19(13-30-17-6-3-15(4-7-17)23(26)27)21-20-12-14-11-16(24(28)29)5-8-18(14)22-9-1-2-10-22/h3-8,11-12H,1-2,9-10,13H2,(H,21,25)/b20-12+. The number of carbonyl (C=O) groups is 1. The molecule has 1 aliphatic heterocycles. The minimum absolute atomic E-state index is 0.0628. The van der Waals surface area contributed by atoms with Crippen molar-refractivity contribution in [1.29, 1.82) is 0 Å². The van der Waals surface area contributed by atoms with Crippen LogP contribution in [0.2, 0.25) is 0 Å². The molecule has 0 unspecified atom stereocenters. The third-order valence-electron chi connectivity index (χ3n) is 4.48. The normalized spacial score (nSPS) is 13.4. The number of nitrogens with zero attached hydrogens (tertiary/aromatic N) is 4. The molecule has 1 heterocycles. The van der Waals surface area contributed by atoms with Gasteiger partial charge in [0.1, 0.15) is 5.75 Å². The monoisotopic (exact) mass is 413 g/mol. The van der Waals surface area contributed by atoms with Crippen LogP contribution in [-0.2, 0) is 4.79 Å². The van der Waals surface area contributed by atoms with Crippen LogP contribution in [0, 0.1) is 20.2 Å². The third kappa shape index (κ3) is 5.28. The van der Waals surface area contributed by atoms with Gasteiger partial charge in [0.2, 0.25) is 0 Å². The van der Waals surface area contributed by atoms with E-state index in [2.05, 4.69) is 15.4 Å². The fraction of sp³-hybridized carbons (Fsp3) is 0.263. The fourth-order valence-corrected chi connectivity index (χ4v) is 3.02. The lowest BCUT2D eigenvalue weighted by Crippen LogP contribution is -2.25. The van der Waals surface area contributed by atoms with Gasteiger partial charge in [-0.15, -0.1) is 0 Å². The first kappa shape index (κ1) is 20.7. The van der Waals surface area contributed by atoms with Crippen molar-refractivity contribution in [1.82, 2.24) is 5.43 Å². The molecule has 0 atom stereocenters. The Kier molecular flexibility index (Phi) is 6.53. The van der Waals surface area contributed by atoms with Crippen molar-refractivity contribution in [2.45, 2.75) is 12.8 Å². The van der Waals surface area contributed by atoms with Crippen LogP contribution >= 0.6 is 0 Å². The lowest BCUT2D eigenvalue weighted by molar-refractivity contribution is -0.385. The van der Waals surface area contributed by atoms with E-state index in [1.165, 1.54) is 42.6 Å². The number of hydrazone groups is 1. The summed E-state index contributed by atoms with van der Waals surface area (Å²) in [5.41, 5.74) is 3.51. The third-order valence-corrected chi connectivity index (χ3v) is 4.48. The minimum atomic E-state index is -0.544. The number of non-ortho nitro benzene ring substituents is 2. The van der Waals surface area contributed by atoms with Gasteiger partial charge in [-0.25, -0.2) is 5.43 Å². The van der Waals surface area contributed by atoms with E-state index in [1.807, 2.05) is 0 Å². The molecule has 0 spiro atoms. The number of benzene rings is 2. The summed E-state index contributed by atoms with van der Waals surface area (Å²) in [6.07, 6.45) is 3.46. The van der Waals surface area contributed by atoms with Crippen molar-refractivity contribution >= 4 is 29.2 Å². The Morgan fingerprint density at radius 3 is 2.33 bits per heavy atom. The first-order valence-corrected chi connectivity index (χ1v) is 9.16. The number of nitrogens with one attached hydrogen (secondary N) is 1. The van der Waals surface area contributed by atoms with Crippen LogP contribution in [0.3, 0.4) is 0 Å². The summed E-state index contributed by atoms with van der Waals surface area (Å²) in [6, 6.07) is 9.87. The molecule has 0 bridgehead atoms. The van der Waals surface area contributed by atoms with Gasteiger partial charge in [-0.2, -0.15) is 5.10 Å². The summed E-state index contributed by atoms with van der Waals surface area (Å²) in [4.78, 5) is 34.7. The van der Waals surface area contributed by atoms with E-state index in [0.29, 0.717) is 11.3 Å². The van der Waals surface area contributed by atoms with Crippen LogP contribution in [0.4, 0.5) is 17.1 Å². The van der Waals surface area contributed by atoms with Crippen LogP contribution in [0.25, 0.3) is 0 Å². The Hall–Kier alpha value is -4.02. The van der Waals surface area contributed by atoms with Crippen LogP contribution in [0.1, 0.15) is 18.4 Å². The Morgan fingerprint density at radius 1 is 1.07 bits per heavy atom. The summed E-state index contributed by atoms with van der Waals surface area (Å²) in [5, 5.41) is 25.6. The summed E-state index contributed by atoms with van der Waals surface area (Å²) < 4.78 is 5.25. The maximum Gasteiger partial charge on any atom is 0.277 e. The maximum absolute atomic E-state index is 11.9. The molecule has 0 saturated carbocycles. The fourth-order valence-electron chi connectivity index (χ4n) is 3.02. The van der Waals surface area contributed by atoms with Gasteiger partial charge in [0, 0.05) is 48.6 Å². The summed E-state index contributed by atoms with van der Waals surface area (Å²) in [5.74, 6) is -0.243. The predicted octanol–water partition coefficient (Wildman–Crippen LogP) is 2.63. The average Bonchev–Trinajstić information content (AvgIpc) is 3.27. The van der Waals surface area contributed by atoms with Crippen molar-refractivity contribution in [3.63, 3.8) is 0 Å². The zero-order valence-electron chi connectivity index (χ0n) is 15.9. The number of amides is 1. The second-order valence-electron chi connectivity index (χ2n) is 6.53. The molecule has 1 saturated heterocycles. The lowest BCUT2D eigenvalue weighted by atomic mass is 10.1. The minimum Gasteiger partial charge on any atom is -0.484 e. The van der Waals surface area contributed by atoms with Gasteiger partial charge in [0.15, 0.2) is 6.61 Å². The van der Waals surface area contributed by atoms with Crippen LogP contribution < -0.4 is 15.1 Å². The molecular formula is C19H19N5O6. The maximum atomic E-state index is 11.9. The number of anilines is 1. The van der Waals surface area contributed by atoms with E-state index in [4.69, 9.17) is 4.74 Å². The first-order chi connectivity index (χ1) is 14.4. The van der Waals surface area contributed by atoms with Gasteiger partial charge >= 0.3 is 0 Å². The van der Waals surface area contributed by atoms with Gasteiger partial charge in [-0.1, -0.05) is 0 Å². The highest BCUT2D eigenvalue weighted by atomic mass is 16.6. The van der Waals surface area contributed by atoms with Crippen molar-refractivity contribution in [2.24, 2.45) is 5.10 Å². The van der Waals surface area contributed by atoms with Crippen LogP contribution in [-0.4, -0.2) is 41.7 Å². The second-order valence-corrected chi connectivity index (χ2v) is 6.53. The number of hydrogen-bond donors (Lipinski definition) is 1. The summed E-state index contributed by atoms with van der Waals surface area (Å²) in [7, 11) is 0. The molecule has 2 aromatic rings. The molecule has 1 amide bonds. The number of hydrogen-bond acceptors (Lipinski definition) is 8. The van der Waals surface area contributed by atoms with Gasteiger partial charge in [0.25, 0.3) is 17.3 Å². The van der Waals surface area contributed by atoms with E-state index in [-0.39, 0.29) is 18.0 Å². The van der Waals surface area contributed by atoms with Crippen molar-refractivity contribution in [2.75, 3.05) is 24.6 Å². The number of ether oxygens (including phenoxy) is 1.